The van der Waals surface area contributed by atoms with Crippen LogP contribution in [-0.2, 0) is 15.9 Å². The van der Waals surface area contributed by atoms with Crippen LogP contribution in [0.1, 0.15) is 49.8 Å². The molecule has 1 aliphatic heterocycles. The number of hydrogen-bond acceptors (Lipinski definition) is 4. The molecule has 1 aliphatic rings. The van der Waals surface area contributed by atoms with Gasteiger partial charge in [-0.1, -0.05) is 36.4 Å². The van der Waals surface area contributed by atoms with E-state index in [4.69, 9.17) is 9.47 Å². The highest BCUT2D eigenvalue weighted by Gasteiger charge is 2.43. The van der Waals surface area contributed by atoms with E-state index in [2.05, 4.69) is 34.3 Å². The molecule has 6 nitrogen and oxygen atoms in total. The molecule has 1 fully saturated rings. The molecule has 0 aliphatic carbocycles. The van der Waals surface area contributed by atoms with E-state index in [1.54, 1.807) is 0 Å². The van der Waals surface area contributed by atoms with Crippen LogP contribution < -0.4 is 5.32 Å². The minimum Gasteiger partial charge on any atom is -0.444 e. The summed E-state index contributed by atoms with van der Waals surface area (Å²) >= 11 is 0. The molecule has 0 radical (unpaired) electrons. The lowest BCUT2D eigenvalue weighted by Crippen LogP contribution is -2.33. The van der Waals surface area contributed by atoms with Crippen molar-refractivity contribution in [3.63, 3.8) is 0 Å². The summed E-state index contributed by atoms with van der Waals surface area (Å²) in [4.78, 5) is 11.9. The number of carbonyl (C=O) groups excluding carboxylic acids is 1. The van der Waals surface area contributed by atoms with E-state index in [0.29, 0.717) is 18.5 Å². The van der Waals surface area contributed by atoms with Gasteiger partial charge in [0.1, 0.15) is 11.7 Å². The first-order valence-corrected chi connectivity index (χ1v) is 10.1. The van der Waals surface area contributed by atoms with Crippen LogP contribution >= 0.6 is 0 Å². The lowest BCUT2D eigenvalue weighted by atomic mass is 10.1. The molecule has 3 aromatic rings. The Labute approximate surface area is 176 Å². The summed E-state index contributed by atoms with van der Waals surface area (Å²) in [6, 6.07) is 17.9. The second kappa shape index (κ2) is 7.85. The van der Waals surface area contributed by atoms with E-state index < -0.39 is 11.7 Å². The van der Waals surface area contributed by atoms with E-state index in [1.165, 1.54) is 0 Å². The highest BCUT2D eigenvalue weighted by atomic mass is 16.6. The first kappa shape index (κ1) is 20.0. The van der Waals surface area contributed by atoms with Gasteiger partial charge in [0.2, 0.25) is 0 Å². The summed E-state index contributed by atoms with van der Waals surface area (Å²) in [6.45, 7) is 6.01. The quantitative estimate of drug-likeness (QED) is 0.618. The largest absolute Gasteiger partial charge is 0.444 e. The van der Waals surface area contributed by atoms with Crippen LogP contribution in [0.3, 0.4) is 0 Å². The van der Waals surface area contributed by atoms with Crippen molar-refractivity contribution in [3.05, 3.63) is 71.4 Å². The van der Waals surface area contributed by atoms with Crippen molar-refractivity contribution in [2.75, 3.05) is 6.54 Å². The minimum atomic E-state index is -0.516. The third-order valence-corrected chi connectivity index (χ3v) is 5.02. The van der Waals surface area contributed by atoms with Crippen molar-refractivity contribution in [2.24, 2.45) is 0 Å². The van der Waals surface area contributed by atoms with E-state index >= 15 is 0 Å². The van der Waals surface area contributed by atoms with Gasteiger partial charge in [-0.25, -0.2) is 4.79 Å². The first-order valence-electron chi connectivity index (χ1n) is 10.1. The summed E-state index contributed by atoms with van der Waals surface area (Å²) in [5.74, 6) is 0. The fourth-order valence-corrected chi connectivity index (χ4v) is 3.69. The Kier molecular flexibility index (Phi) is 5.23. The van der Waals surface area contributed by atoms with Crippen molar-refractivity contribution >= 4 is 17.0 Å². The van der Waals surface area contributed by atoms with Crippen LogP contribution in [-0.4, -0.2) is 22.8 Å². The number of epoxide rings is 1. The number of amides is 1. The smallest absolute Gasteiger partial charge is 0.407 e. The molecule has 1 saturated heterocycles. The zero-order valence-electron chi connectivity index (χ0n) is 17.4. The van der Waals surface area contributed by atoms with Crippen molar-refractivity contribution in [1.82, 2.24) is 9.88 Å². The Balaban J connectivity index is 1.51. The molecule has 1 N–H and O–H groups in total. The Morgan fingerprint density at radius 2 is 1.93 bits per heavy atom. The second-order valence-electron chi connectivity index (χ2n) is 8.40. The SMILES string of the molecule is CC(C)(C)OC(=O)NCCc1cn(C2OC2c2ccccc2C#N)c2ccccc12. The Morgan fingerprint density at radius 3 is 2.70 bits per heavy atom. The van der Waals surface area contributed by atoms with Crippen molar-refractivity contribution in [1.29, 1.82) is 5.26 Å². The number of nitrogens with zero attached hydrogens (tertiary/aromatic N) is 2. The summed E-state index contributed by atoms with van der Waals surface area (Å²) in [5, 5.41) is 13.3. The van der Waals surface area contributed by atoms with Gasteiger partial charge in [-0.3, -0.25) is 0 Å². The number of benzene rings is 2. The molecule has 6 heteroatoms. The number of carbonyl (C=O) groups is 1. The van der Waals surface area contributed by atoms with Gasteiger partial charge in [-0.05, 0) is 44.9 Å². The van der Waals surface area contributed by atoms with Crippen molar-refractivity contribution < 1.29 is 14.3 Å². The standard InChI is InChI=1S/C24H25N3O3/c1-24(2,3)30-23(28)26-13-12-17-15-27(20-11-7-6-9-18(17)20)22-21(29-22)19-10-5-4-8-16(19)14-25/h4-11,15,21-22H,12-13H2,1-3H3,(H,26,28). The van der Waals surface area contributed by atoms with Crippen LogP contribution in [0.2, 0.25) is 0 Å². The van der Waals surface area contributed by atoms with Gasteiger partial charge in [-0.2, -0.15) is 5.26 Å². The van der Waals surface area contributed by atoms with Crippen LogP contribution in [0, 0.1) is 11.3 Å². The van der Waals surface area contributed by atoms with Gasteiger partial charge in [-0.15, -0.1) is 0 Å². The molecular formula is C24H25N3O3. The lowest BCUT2D eigenvalue weighted by Gasteiger charge is -2.19. The molecule has 2 unspecified atom stereocenters. The third-order valence-electron chi connectivity index (χ3n) is 5.02. The maximum absolute atomic E-state index is 11.9. The van der Waals surface area contributed by atoms with Crippen LogP contribution in [0.15, 0.2) is 54.7 Å². The highest BCUT2D eigenvalue weighted by molar-refractivity contribution is 5.84. The molecule has 1 aromatic heterocycles. The van der Waals surface area contributed by atoms with Crippen LogP contribution in [0.25, 0.3) is 10.9 Å². The summed E-state index contributed by atoms with van der Waals surface area (Å²) in [5.41, 5.74) is 3.24. The number of ether oxygens (including phenoxy) is 2. The van der Waals surface area contributed by atoms with Gasteiger partial charge in [0.05, 0.1) is 17.1 Å². The summed E-state index contributed by atoms with van der Waals surface area (Å²) < 4.78 is 13.4. The van der Waals surface area contributed by atoms with Gasteiger partial charge >= 0.3 is 6.09 Å². The fraction of sp³-hybridized carbons (Fsp3) is 0.333. The van der Waals surface area contributed by atoms with Crippen LogP contribution in [0.5, 0.6) is 0 Å². The average Bonchev–Trinajstić information content (AvgIpc) is 3.42. The molecule has 2 heterocycles. The predicted molar refractivity (Wildman–Crippen MR) is 114 cm³/mol. The highest BCUT2D eigenvalue weighted by Crippen LogP contribution is 2.50. The normalized spacial score (nSPS) is 18.1. The van der Waals surface area contributed by atoms with Crippen LogP contribution in [0.4, 0.5) is 4.79 Å². The summed E-state index contributed by atoms with van der Waals surface area (Å²) in [6.07, 6.45) is 2.08. The topological polar surface area (TPSA) is 79.6 Å². The molecule has 0 saturated carbocycles. The lowest BCUT2D eigenvalue weighted by molar-refractivity contribution is 0.0528. The first-order chi connectivity index (χ1) is 14.4. The number of fused-ring (bicyclic) bond motifs is 1. The van der Waals surface area contributed by atoms with E-state index in [0.717, 1.165) is 22.0 Å². The zero-order chi connectivity index (χ0) is 21.3. The third kappa shape index (κ3) is 4.17. The van der Waals surface area contributed by atoms with Gasteiger partial charge < -0.3 is 19.4 Å². The molecule has 2 atom stereocenters. The molecular weight excluding hydrogens is 378 g/mol. The Hall–Kier alpha value is -3.30. The zero-order valence-corrected chi connectivity index (χ0v) is 17.4. The van der Waals surface area contributed by atoms with Gasteiger partial charge in [0.25, 0.3) is 0 Å². The Morgan fingerprint density at radius 1 is 1.20 bits per heavy atom. The number of aromatic nitrogens is 1. The number of para-hydroxylation sites is 1. The molecule has 0 spiro atoms. The number of nitriles is 1. The fourth-order valence-electron chi connectivity index (χ4n) is 3.69. The van der Waals surface area contributed by atoms with Gasteiger partial charge in [0.15, 0.2) is 6.23 Å². The molecule has 2 aromatic carbocycles. The number of rotatable bonds is 5. The molecule has 4 rings (SSSR count). The Bertz CT molecular complexity index is 1120. The molecule has 154 valence electrons. The molecule has 30 heavy (non-hydrogen) atoms. The maximum Gasteiger partial charge on any atom is 0.407 e. The molecule has 0 bridgehead atoms. The maximum atomic E-state index is 11.9. The van der Waals surface area contributed by atoms with Crippen molar-refractivity contribution in [3.8, 4) is 6.07 Å². The number of nitrogens with one attached hydrogen (secondary N) is 1. The van der Waals surface area contributed by atoms with E-state index in [-0.39, 0.29) is 12.3 Å². The average molecular weight is 403 g/mol. The number of alkyl carbamates (subject to hydrolysis) is 1. The van der Waals surface area contributed by atoms with Gasteiger partial charge in [0, 0.05) is 23.7 Å². The predicted octanol–water partition coefficient (Wildman–Crippen LogP) is 4.85. The van der Waals surface area contributed by atoms with E-state index in [1.807, 2.05) is 57.2 Å². The van der Waals surface area contributed by atoms with Crippen molar-refractivity contribution in [2.45, 2.75) is 45.1 Å². The van der Waals surface area contributed by atoms with E-state index in [9.17, 15) is 10.1 Å². The number of hydrogen-bond donors (Lipinski definition) is 1. The molecule has 1 amide bonds. The second-order valence-corrected chi connectivity index (χ2v) is 8.40. The monoisotopic (exact) mass is 403 g/mol. The minimum absolute atomic E-state index is 0.135. The summed E-state index contributed by atoms with van der Waals surface area (Å²) in [7, 11) is 0.